The van der Waals surface area contributed by atoms with Crippen LogP contribution in [-0.2, 0) is 15.1 Å². The average Bonchev–Trinajstić information content (AvgIpc) is 3.17. The summed E-state index contributed by atoms with van der Waals surface area (Å²) < 4.78 is 12.1. The molecule has 6 nitrogen and oxygen atoms in total. The second-order valence-corrected chi connectivity index (χ2v) is 6.78. The van der Waals surface area contributed by atoms with Gasteiger partial charge in [-0.15, -0.1) is 10.2 Å². The third-order valence-corrected chi connectivity index (χ3v) is 5.37. The van der Waals surface area contributed by atoms with Crippen molar-refractivity contribution in [2.45, 2.75) is 76.9 Å². The lowest BCUT2D eigenvalue weighted by Crippen LogP contribution is -2.44. The molecule has 0 spiro atoms. The van der Waals surface area contributed by atoms with Crippen LogP contribution in [0.5, 0.6) is 0 Å². The van der Waals surface area contributed by atoms with Gasteiger partial charge in [-0.3, -0.25) is 4.79 Å². The molecule has 1 aliphatic heterocycles. The van der Waals surface area contributed by atoms with Gasteiger partial charge in [0.05, 0.1) is 5.92 Å². The van der Waals surface area contributed by atoms with Crippen LogP contribution < -0.4 is 0 Å². The van der Waals surface area contributed by atoms with E-state index in [1.165, 1.54) is 0 Å². The van der Waals surface area contributed by atoms with Gasteiger partial charge in [-0.1, -0.05) is 0 Å². The number of piperidine rings is 1. The summed E-state index contributed by atoms with van der Waals surface area (Å²) in [6, 6.07) is 0.0983. The van der Waals surface area contributed by atoms with E-state index in [-0.39, 0.29) is 17.9 Å². The number of hydrogen-bond acceptors (Lipinski definition) is 5. The fraction of sp³-hybridized carbons (Fsp3) is 0.824. The standard InChI is InChI=1S/C17H27N3O3/c1-4-22-17(9-5-6-10-17)16-19-18-15(23-16)14-8-7-11-20(12(14)2)13(3)21/h12,14H,4-11H2,1-3H3/t12-,14-/m0/s1. The molecular formula is C17H27N3O3. The fourth-order valence-electron chi connectivity index (χ4n) is 4.13. The molecule has 1 aromatic rings. The van der Waals surface area contributed by atoms with E-state index in [4.69, 9.17) is 9.15 Å². The Morgan fingerprint density at radius 1 is 1.35 bits per heavy atom. The summed E-state index contributed by atoms with van der Waals surface area (Å²) in [7, 11) is 0. The normalized spacial score (nSPS) is 27.3. The number of amides is 1. The molecule has 0 aromatic carbocycles. The highest BCUT2D eigenvalue weighted by Crippen LogP contribution is 2.42. The molecule has 2 aliphatic rings. The third-order valence-electron chi connectivity index (χ3n) is 5.37. The minimum absolute atomic E-state index is 0.0983. The van der Waals surface area contributed by atoms with Crippen molar-refractivity contribution in [2.24, 2.45) is 0 Å². The lowest BCUT2D eigenvalue weighted by Gasteiger charge is -2.37. The van der Waals surface area contributed by atoms with Gasteiger partial charge >= 0.3 is 0 Å². The van der Waals surface area contributed by atoms with Crippen molar-refractivity contribution < 1.29 is 13.9 Å². The Morgan fingerprint density at radius 2 is 2.09 bits per heavy atom. The highest BCUT2D eigenvalue weighted by molar-refractivity contribution is 5.73. The summed E-state index contributed by atoms with van der Waals surface area (Å²) in [6.07, 6.45) is 6.12. The predicted octanol–water partition coefficient (Wildman–Crippen LogP) is 2.99. The molecule has 0 bridgehead atoms. The number of ether oxygens (including phenoxy) is 1. The van der Waals surface area contributed by atoms with Crippen LogP contribution in [0.4, 0.5) is 0 Å². The van der Waals surface area contributed by atoms with Gasteiger partial charge in [0.1, 0.15) is 5.60 Å². The Labute approximate surface area is 137 Å². The average molecular weight is 321 g/mol. The van der Waals surface area contributed by atoms with E-state index in [0.717, 1.165) is 45.1 Å². The number of hydrogen-bond donors (Lipinski definition) is 0. The summed E-state index contributed by atoms with van der Waals surface area (Å²) in [5, 5.41) is 8.64. The van der Waals surface area contributed by atoms with Gasteiger partial charge < -0.3 is 14.1 Å². The van der Waals surface area contributed by atoms with Crippen LogP contribution >= 0.6 is 0 Å². The molecule has 128 valence electrons. The first-order valence-electron chi connectivity index (χ1n) is 8.82. The van der Waals surface area contributed by atoms with Crippen LogP contribution in [0.2, 0.25) is 0 Å². The third kappa shape index (κ3) is 3.01. The van der Waals surface area contributed by atoms with E-state index >= 15 is 0 Å². The van der Waals surface area contributed by atoms with Gasteiger partial charge in [0.2, 0.25) is 17.7 Å². The monoisotopic (exact) mass is 321 g/mol. The molecule has 1 aliphatic carbocycles. The number of likely N-dealkylation sites (tertiary alicyclic amines) is 1. The number of carbonyl (C=O) groups excluding carboxylic acids is 1. The van der Waals surface area contributed by atoms with Gasteiger partial charge in [0, 0.05) is 26.1 Å². The van der Waals surface area contributed by atoms with Crippen LogP contribution in [0.3, 0.4) is 0 Å². The molecule has 2 atom stereocenters. The summed E-state index contributed by atoms with van der Waals surface area (Å²) in [6.45, 7) is 7.17. The van der Waals surface area contributed by atoms with Crippen molar-refractivity contribution in [2.75, 3.05) is 13.2 Å². The first kappa shape index (κ1) is 16.4. The molecule has 3 rings (SSSR count). The van der Waals surface area contributed by atoms with E-state index in [9.17, 15) is 4.79 Å². The van der Waals surface area contributed by atoms with Crippen LogP contribution in [0.15, 0.2) is 4.42 Å². The predicted molar refractivity (Wildman–Crippen MR) is 84.9 cm³/mol. The van der Waals surface area contributed by atoms with Crippen molar-refractivity contribution in [3.63, 3.8) is 0 Å². The molecule has 23 heavy (non-hydrogen) atoms. The Hall–Kier alpha value is -1.43. The topological polar surface area (TPSA) is 68.5 Å². The zero-order valence-electron chi connectivity index (χ0n) is 14.4. The van der Waals surface area contributed by atoms with Crippen molar-refractivity contribution >= 4 is 5.91 Å². The Balaban J connectivity index is 1.82. The Bertz CT molecular complexity index is 551. The van der Waals surface area contributed by atoms with Gasteiger partial charge in [-0.25, -0.2) is 0 Å². The number of carbonyl (C=O) groups is 1. The summed E-state index contributed by atoms with van der Waals surface area (Å²) >= 11 is 0. The van der Waals surface area contributed by atoms with Crippen LogP contribution in [-0.4, -0.2) is 40.2 Å². The van der Waals surface area contributed by atoms with Crippen molar-refractivity contribution in [1.29, 1.82) is 0 Å². The summed E-state index contributed by atoms with van der Waals surface area (Å²) in [5.74, 6) is 1.51. The molecular weight excluding hydrogens is 294 g/mol. The van der Waals surface area contributed by atoms with Gasteiger partial charge in [-0.2, -0.15) is 0 Å². The lowest BCUT2D eigenvalue weighted by molar-refractivity contribution is -0.132. The van der Waals surface area contributed by atoms with Crippen LogP contribution in [0.25, 0.3) is 0 Å². The Kier molecular flexibility index (Phi) is 4.71. The Morgan fingerprint density at radius 3 is 2.74 bits per heavy atom. The van der Waals surface area contributed by atoms with E-state index in [2.05, 4.69) is 17.1 Å². The van der Waals surface area contributed by atoms with E-state index in [1.54, 1.807) is 6.92 Å². The maximum atomic E-state index is 11.8. The van der Waals surface area contributed by atoms with Gasteiger partial charge in [-0.05, 0) is 52.4 Å². The lowest BCUT2D eigenvalue weighted by atomic mass is 9.90. The summed E-state index contributed by atoms with van der Waals surface area (Å²) in [5.41, 5.74) is -0.391. The highest BCUT2D eigenvalue weighted by atomic mass is 16.5. The van der Waals surface area contributed by atoms with E-state index < -0.39 is 5.60 Å². The van der Waals surface area contributed by atoms with Crippen molar-refractivity contribution in [3.05, 3.63) is 11.8 Å². The van der Waals surface area contributed by atoms with E-state index in [1.807, 2.05) is 11.8 Å². The molecule has 0 unspecified atom stereocenters. The molecule has 1 saturated carbocycles. The number of nitrogens with zero attached hydrogens (tertiary/aromatic N) is 3. The smallest absolute Gasteiger partial charge is 0.248 e. The van der Waals surface area contributed by atoms with Gasteiger partial charge in [0.25, 0.3) is 0 Å². The maximum Gasteiger partial charge on any atom is 0.248 e. The van der Waals surface area contributed by atoms with Crippen LogP contribution in [0.1, 0.15) is 77.0 Å². The zero-order chi connectivity index (χ0) is 16.4. The minimum atomic E-state index is -0.391. The number of rotatable bonds is 4. The quantitative estimate of drug-likeness (QED) is 0.852. The van der Waals surface area contributed by atoms with Crippen molar-refractivity contribution in [3.8, 4) is 0 Å². The molecule has 0 N–H and O–H groups in total. The van der Waals surface area contributed by atoms with E-state index in [0.29, 0.717) is 18.4 Å². The first-order chi connectivity index (χ1) is 11.1. The van der Waals surface area contributed by atoms with Crippen molar-refractivity contribution in [1.82, 2.24) is 15.1 Å². The molecule has 2 heterocycles. The molecule has 0 radical (unpaired) electrons. The molecule has 6 heteroatoms. The van der Waals surface area contributed by atoms with Gasteiger partial charge in [0.15, 0.2) is 0 Å². The second kappa shape index (κ2) is 6.59. The maximum absolute atomic E-state index is 11.8. The zero-order valence-corrected chi connectivity index (χ0v) is 14.4. The largest absolute Gasteiger partial charge is 0.422 e. The molecule has 2 fully saturated rings. The summed E-state index contributed by atoms with van der Waals surface area (Å²) in [4.78, 5) is 13.7. The fourth-order valence-corrected chi connectivity index (χ4v) is 4.13. The molecule has 1 saturated heterocycles. The first-order valence-corrected chi connectivity index (χ1v) is 8.82. The highest BCUT2D eigenvalue weighted by Gasteiger charge is 2.43. The minimum Gasteiger partial charge on any atom is -0.422 e. The number of aromatic nitrogens is 2. The SMILES string of the molecule is CCOC1(c2nnc([C@H]3CCCN(C(C)=O)[C@H]3C)o2)CCCC1. The second-order valence-electron chi connectivity index (χ2n) is 6.78. The molecule has 1 aromatic heterocycles. The molecule has 1 amide bonds. The van der Waals surface area contributed by atoms with Crippen LogP contribution in [0, 0.1) is 0 Å².